The first kappa shape index (κ1) is 20.8. The average molecular weight is 420 g/mol. The van der Waals surface area contributed by atoms with Crippen LogP contribution in [0.2, 0.25) is 0 Å². The maximum absolute atomic E-state index is 12.9. The predicted molar refractivity (Wildman–Crippen MR) is 114 cm³/mol. The van der Waals surface area contributed by atoms with Crippen LogP contribution in [0.5, 0.6) is 0 Å². The number of carbonyl (C=O) groups excluding carboxylic acids is 4. The Kier molecular flexibility index (Phi) is 5.59. The standard InChI is InChI=1S/C24H24N2O5/c1-15-7-3-4-9-20(15)26-22(28)18-11-10-17(13-19(18)23(26)29)24(30)31-14-21(27)25-12-6-5-8-16(25)2/h3-4,7,9-11,13,16H,5-6,8,12,14H2,1-2H3/t16-/m1/s1. The SMILES string of the molecule is Cc1ccccc1N1C(=O)c2ccc(C(=O)OCC(=O)N3CCCC[C@H]3C)cc2C1=O. The van der Waals surface area contributed by atoms with Gasteiger partial charge in [-0.3, -0.25) is 14.4 Å². The van der Waals surface area contributed by atoms with Gasteiger partial charge in [0.1, 0.15) is 0 Å². The van der Waals surface area contributed by atoms with Crippen molar-refractivity contribution in [3.05, 3.63) is 64.7 Å². The number of aryl methyl sites for hydroxylation is 1. The van der Waals surface area contributed by atoms with Gasteiger partial charge in [0.25, 0.3) is 17.7 Å². The summed E-state index contributed by atoms with van der Waals surface area (Å²) in [7, 11) is 0. The van der Waals surface area contributed by atoms with E-state index in [0.29, 0.717) is 12.2 Å². The molecule has 2 aromatic carbocycles. The van der Waals surface area contributed by atoms with E-state index in [1.807, 2.05) is 26.0 Å². The van der Waals surface area contributed by atoms with Crippen LogP contribution in [0.25, 0.3) is 0 Å². The highest BCUT2D eigenvalue weighted by Crippen LogP contribution is 2.31. The fraction of sp³-hybridized carbons (Fsp3) is 0.333. The molecule has 2 aliphatic rings. The summed E-state index contributed by atoms with van der Waals surface area (Å²) in [4.78, 5) is 53.5. The number of imide groups is 1. The van der Waals surface area contributed by atoms with E-state index in [0.717, 1.165) is 29.7 Å². The van der Waals surface area contributed by atoms with Gasteiger partial charge >= 0.3 is 5.97 Å². The smallest absolute Gasteiger partial charge is 0.338 e. The molecule has 2 heterocycles. The largest absolute Gasteiger partial charge is 0.452 e. The van der Waals surface area contributed by atoms with Gasteiger partial charge in [0, 0.05) is 12.6 Å². The second kappa shape index (κ2) is 8.34. The fourth-order valence-electron chi connectivity index (χ4n) is 4.16. The third kappa shape index (κ3) is 3.83. The van der Waals surface area contributed by atoms with Crippen LogP contribution in [0.4, 0.5) is 5.69 Å². The van der Waals surface area contributed by atoms with Gasteiger partial charge < -0.3 is 9.64 Å². The number of benzene rings is 2. The second-order valence-electron chi connectivity index (χ2n) is 8.00. The van der Waals surface area contributed by atoms with Gasteiger partial charge in [-0.25, -0.2) is 9.69 Å². The molecule has 0 spiro atoms. The Hall–Kier alpha value is -3.48. The van der Waals surface area contributed by atoms with E-state index < -0.39 is 17.8 Å². The molecule has 2 aromatic rings. The number of piperidine rings is 1. The minimum Gasteiger partial charge on any atom is -0.452 e. The predicted octanol–water partition coefficient (Wildman–Crippen LogP) is 3.35. The van der Waals surface area contributed by atoms with Crippen molar-refractivity contribution in [2.45, 2.75) is 39.2 Å². The third-order valence-electron chi connectivity index (χ3n) is 5.93. The van der Waals surface area contributed by atoms with Crippen LogP contribution >= 0.6 is 0 Å². The lowest BCUT2D eigenvalue weighted by molar-refractivity contribution is -0.137. The quantitative estimate of drug-likeness (QED) is 0.559. The molecule has 0 aromatic heterocycles. The zero-order chi connectivity index (χ0) is 22.1. The van der Waals surface area contributed by atoms with E-state index in [1.54, 1.807) is 17.0 Å². The molecule has 31 heavy (non-hydrogen) atoms. The Labute approximate surface area is 180 Å². The number of fused-ring (bicyclic) bond motifs is 1. The van der Waals surface area contributed by atoms with Crippen molar-refractivity contribution in [2.24, 2.45) is 0 Å². The molecule has 4 rings (SSSR count). The van der Waals surface area contributed by atoms with Gasteiger partial charge in [-0.2, -0.15) is 0 Å². The number of esters is 1. The summed E-state index contributed by atoms with van der Waals surface area (Å²) >= 11 is 0. The van der Waals surface area contributed by atoms with Crippen molar-refractivity contribution in [2.75, 3.05) is 18.1 Å². The summed E-state index contributed by atoms with van der Waals surface area (Å²) < 4.78 is 5.20. The van der Waals surface area contributed by atoms with Crippen molar-refractivity contribution >= 4 is 29.4 Å². The molecule has 0 radical (unpaired) electrons. The summed E-state index contributed by atoms with van der Waals surface area (Å²) in [5.41, 5.74) is 1.83. The van der Waals surface area contributed by atoms with E-state index in [1.165, 1.54) is 18.2 Å². The molecule has 7 nitrogen and oxygen atoms in total. The second-order valence-corrected chi connectivity index (χ2v) is 8.00. The number of rotatable bonds is 4. The molecule has 0 N–H and O–H groups in total. The summed E-state index contributed by atoms with van der Waals surface area (Å²) in [6, 6.07) is 11.5. The number of hydrogen-bond acceptors (Lipinski definition) is 5. The molecule has 160 valence electrons. The van der Waals surface area contributed by atoms with Crippen molar-refractivity contribution < 1.29 is 23.9 Å². The highest BCUT2D eigenvalue weighted by molar-refractivity contribution is 6.34. The zero-order valence-electron chi connectivity index (χ0n) is 17.6. The number of carbonyl (C=O) groups is 4. The number of nitrogens with zero attached hydrogens (tertiary/aromatic N) is 2. The first-order valence-corrected chi connectivity index (χ1v) is 10.4. The molecule has 7 heteroatoms. The van der Waals surface area contributed by atoms with Crippen LogP contribution in [0, 0.1) is 6.92 Å². The third-order valence-corrected chi connectivity index (χ3v) is 5.93. The molecule has 0 aliphatic carbocycles. The molecule has 0 bridgehead atoms. The zero-order valence-corrected chi connectivity index (χ0v) is 17.6. The van der Waals surface area contributed by atoms with Gasteiger partial charge in [-0.05, 0) is 62.9 Å². The molecule has 1 fully saturated rings. The van der Waals surface area contributed by atoms with Gasteiger partial charge in [-0.15, -0.1) is 0 Å². The Morgan fingerprint density at radius 3 is 2.52 bits per heavy atom. The topological polar surface area (TPSA) is 84.0 Å². The molecule has 3 amide bonds. The summed E-state index contributed by atoms with van der Waals surface area (Å²) in [6.45, 7) is 4.13. The van der Waals surface area contributed by atoms with Gasteiger partial charge in [0.15, 0.2) is 6.61 Å². The van der Waals surface area contributed by atoms with Crippen LogP contribution < -0.4 is 4.90 Å². The number of amides is 3. The minimum absolute atomic E-state index is 0.131. The van der Waals surface area contributed by atoms with E-state index in [-0.39, 0.29) is 35.2 Å². The minimum atomic E-state index is -0.699. The maximum atomic E-state index is 12.9. The Bertz CT molecular complexity index is 1080. The highest BCUT2D eigenvalue weighted by atomic mass is 16.5. The summed E-state index contributed by atoms with van der Waals surface area (Å²) in [6.07, 6.45) is 2.98. The lowest BCUT2D eigenvalue weighted by Gasteiger charge is -2.33. The van der Waals surface area contributed by atoms with Crippen molar-refractivity contribution in [3.63, 3.8) is 0 Å². The van der Waals surface area contributed by atoms with Gasteiger partial charge in [-0.1, -0.05) is 18.2 Å². The summed E-state index contributed by atoms with van der Waals surface area (Å²) in [5.74, 6) is -1.83. The normalized spacial score (nSPS) is 18.2. The van der Waals surface area contributed by atoms with E-state index in [4.69, 9.17) is 4.74 Å². The van der Waals surface area contributed by atoms with E-state index in [2.05, 4.69) is 0 Å². The number of likely N-dealkylation sites (tertiary alicyclic amines) is 1. The summed E-state index contributed by atoms with van der Waals surface area (Å²) in [5, 5.41) is 0. The first-order chi connectivity index (χ1) is 14.9. The van der Waals surface area contributed by atoms with E-state index in [9.17, 15) is 19.2 Å². The first-order valence-electron chi connectivity index (χ1n) is 10.4. The number of hydrogen-bond donors (Lipinski definition) is 0. The fourth-order valence-corrected chi connectivity index (χ4v) is 4.16. The van der Waals surface area contributed by atoms with Crippen molar-refractivity contribution in [1.29, 1.82) is 0 Å². The maximum Gasteiger partial charge on any atom is 0.338 e. The molecule has 2 aliphatic heterocycles. The molecular weight excluding hydrogens is 396 g/mol. The number of anilines is 1. The van der Waals surface area contributed by atoms with Gasteiger partial charge in [0.05, 0.1) is 22.4 Å². The van der Waals surface area contributed by atoms with Crippen LogP contribution in [-0.2, 0) is 9.53 Å². The monoisotopic (exact) mass is 420 g/mol. The Morgan fingerprint density at radius 1 is 1.03 bits per heavy atom. The molecule has 1 atom stereocenters. The Morgan fingerprint density at radius 2 is 1.77 bits per heavy atom. The number of para-hydroxylation sites is 1. The van der Waals surface area contributed by atoms with Crippen molar-refractivity contribution in [3.8, 4) is 0 Å². The van der Waals surface area contributed by atoms with Crippen LogP contribution in [0.15, 0.2) is 42.5 Å². The average Bonchev–Trinajstić information content (AvgIpc) is 3.02. The molecule has 1 saturated heterocycles. The molecule has 0 unspecified atom stereocenters. The highest BCUT2D eigenvalue weighted by Gasteiger charge is 2.38. The van der Waals surface area contributed by atoms with Gasteiger partial charge in [0.2, 0.25) is 0 Å². The lowest BCUT2D eigenvalue weighted by Crippen LogP contribution is -2.44. The lowest BCUT2D eigenvalue weighted by atomic mass is 10.0. The Balaban J connectivity index is 1.49. The van der Waals surface area contributed by atoms with E-state index >= 15 is 0 Å². The van der Waals surface area contributed by atoms with Crippen LogP contribution in [-0.4, -0.2) is 47.8 Å². The van der Waals surface area contributed by atoms with Crippen LogP contribution in [0.1, 0.15) is 62.8 Å². The van der Waals surface area contributed by atoms with Crippen LogP contribution in [0.3, 0.4) is 0 Å². The number of ether oxygens (including phenoxy) is 1. The molecule has 0 saturated carbocycles. The van der Waals surface area contributed by atoms with Crippen molar-refractivity contribution in [1.82, 2.24) is 4.90 Å². The molecular formula is C24H24N2O5.